The Kier molecular flexibility index (Phi) is 5.15. The van der Waals surface area contributed by atoms with Gasteiger partial charge >= 0.3 is 0 Å². The molecule has 1 aromatic rings. The van der Waals surface area contributed by atoms with Gasteiger partial charge in [-0.15, -0.1) is 0 Å². The van der Waals surface area contributed by atoms with Crippen molar-refractivity contribution in [2.45, 2.75) is 20.8 Å². The molecule has 4 nitrogen and oxygen atoms in total. The summed E-state index contributed by atoms with van der Waals surface area (Å²) >= 11 is 0. The fourth-order valence-electron chi connectivity index (χ4n) is 2.49. The Balaban J connectivity index is 1.82. The third kappa shape index (κ3) is 4.05. The van der Waals surface area contributed by atoms with Crippen LogP contribution in [0.2, 0.25) is 0 Å². The van der Waals surface area contributed by atoms with Gasteiger partial charge in [-0.05, 0) is 43.7 Å². The number of carbonyl (C=O) groups excluding carboxylic acids is 1. The minimum atomic E-state index is 0.0817. The number of hydrogen-bond acceptors (Lipinski definition) is 3. The molecular weight excluding hydrogens is 250 g/mol. The summed E-state index contributed by atoms with van der Waals surface area (Å²) in [5, 5.41) is 2.99. The summed E-state index contributed by atoms with van der Waals surface area (Å²) in [5.74, 6) is 0.0817. The molecule has 0 spiro atoms. The lowest BCUT2D eigenvalue weighted by molar-refractivity contribution is -0.117. The van der Waals surface area contributed by atoms with Gasteiger partial charge in [0.15, 0.2) is 0 Å². The van der Waals surface area contributed by atoms with Crippen molar-refractivity contribution in [2.75, 3.05) is 44.6 Å². The standard InChI is InChI=1S/C16H25N3O/c1-4-18-7-9-19(10-8-18)12-16(20)17-15-6-5-13(2)14(3)11-15/h5-6,11H,4,7-10,12H2,1-3H3,(H,17,20). The number of piperazine rings is 1. The van der Waals surface area contributed by atoms with Gasteiger partial charge in [-0.3, -0.25) is 9.69 Å². The minimum Gasteiger partial charge on any atom is -0.325 e. The third-order valence-corrected chi connectivity index (χ3v) is 4.07. The number of likely N-dealkylation sites (N-methyl/N-ethyl adjacent to an activating group) is 1. The first-order valence-corrected chi connectivity index (χ1v) is 7.40. The maximum absolute atomic E-state index is 12.1. The van der Waals surface area contributed by atoms with Crippen LogP contribution in [0.3, 0.4) is 0 Å². The number of aryl methyl sites for hydroxylation is 2. The summed E-state index contributed by atoms with van der Waals surface area (Å²) in [6, 6.07) is 6.04. The van der Waals surface area contributed by atoms with Crippen molar-refractivity contribution in [3.05, 3.63) is 29.3 Å². The maximum atomic E-state index is 12.1. The molecule has 1 fully saturated rings. The first kappa shape index (κ1) is 15.0. The average molecular weight is 275 g/mol. The van der Waals surface area contributed by atoms with Crippen LogP contribution in [0.15, 0.2) is 18.2 Å². The van der Waals surface area contributed by atoms with Crippen molar-refractivity contribution in [2.24, 2.45) is 0 Å². The number of amides is 1. The molecule has 110 valence electrons. The zero-order valence-electron chi connectivity index (χ0n) is 12.8. The van der Waals surface area contributed by atoms with Gasteiger partial charge in [-0.1, -0.05) is 13.0 Å². The van der Waals surface area contributed by atoms with E-state index in [4.69, 9.17) is 0 Å². The molecule has 1 aromatic carbocycles. The Morgan fingerprint density at radius 3 is 2.35 bits per heavy atom. The van der Waals surface area contributed by atoms with Crippen LogP contribution in [0.4, 0.5) is 5.69 Å². The molecule has 0 aliphatic carbocycles. The largest absolute Gasteiger partial charge is 0.325 e. The van der Waals surface area contributed by atoms with Crippen LogP contribution in [0.1, 0.15) is 18.1 Å². The summed E-state index contributed by atoms with van der Waals surface area (Å²) in [7, 11) is 0. The fourth-order valence-corrected chi connectivity index (χ4v) is 2.49. The number of rotatable bonds is 4. The molecule has 1 heterocycles. The van der Waals surface area contributed by atoms with Gasteiger partial charge in [0, 0.05) is 31.9 Å². The molecular formula is C16H25N3O. The van der Waals surface area contributed by atoms with Crippen LogP contribution >= 0.6 is 0 Å². The lowest BCUT2D eigenvalue weighted by atomic mass is 10.1. The highest BCUT2D eigenvalue weighted by atomic mass is 16.2. The van der Waals surface area contributed by atoms with Crippen molar-refractivity contribution >= 4 is 11.6 Å². The predicted octanol–water partition coefficient (Wildman–Crippen LogP) is 1.88. The molecule has 1 amide bonds. The van der Waals surface area contributed by atoms with E-state index in [0.29, 0.717) is 6.54 Å². The van der Waals surface area contributed by atoms with Gasteiger partial charge in [0.05, 0.1) is 6.54 Å². The second-order valence-corrected chi connectivity index (χ2v) is 5.56. The normalized spacial score (nSPS) is 17.1. The number of nitrogens with zero attached hydrogens (tertiary/aromatic N) is 2. The highest BCUT2D eigenvalue weighted by Gasteiger charge is 2.17. The Bertz CT molecular complexity index is 465. The molecule has 1 aliphatic heterocycles. The molecule has 0 bridgehead atoms. The number of benzene rings is 1. The lowest BCUT2D eigenvalue weighted by Gasteiger charge is -2.33. The first-order valence-electron chi connectivity index (χ1n) is 7.40. The Hall–Kier alpha value is -1.39. The molecule has 20 heavy (non-hydrogen) atoms. The van der Waals surface area contributed by atoms with Crippen molar-refractivity contribution in [1.82, 2.24) is 9.80 Å². The van der Waals surface area contributed by atoms with Gasteiger partial charge in [0.25, 0.3) is 0 Å². The summed E-state index contributed by atoms with van der Waals surface area (Å²) in [6.45, 7) is 12.0. The van der Waals surface area contributed by atoms with Gasteiger partial charge in [-0.2, -0.15) is 0 Å². The van der Waals surface area contributed by atoms with E-state index in [-0.39, 0.29) is 5.91 Å². The molecule has 0 atom stereocenters. The Morgan fingerprint density at radius 2 is 1.75 bits per heavy atom. The minimum absolute atomic E-state index is 0.0817. The summed E-state index contributed by atoms with van der Waals surface area (Å²) in [5.41, 5.74) is 3.35. The Labute approximate surface area is 121 Å². The highest BCUT2D eigenvalue weighted by Crippen LogP contribution is 2.14. The van der Waals surface area contributed by atoms with E-state index in [1.807, 2.05) is 18.2 Å². The van der Waals surface area contributed by atoms with Crippen molar-refractivity contribution < 1.29 is 4.79 Å². The van der Waals surface area contributed by atoms with Gasteiger partial charge < -0.3 is 10.2 Å². The van der Waals surface area contributed by atoms with Crippen molar-refractivity contribution in [3.8, 4) is 0 Å². The SMILES string of the molecule is CCN1CCN(CC(=O)Nc2ccc(C)c(C)c2)CC1. The number of nitrogens with one attached hydrogen (secondary N) is 1. The second-order valence-electron chi connectivity index (χ2n) is 5.56. The van der Waals surface area contributed by atoms with E-state index in [0.717, 1.165) is 38.4 Å². The average Bonchev–Trinajstić information content (AvgIpc) is 2.44. The summed E-state index contributed by atoms with van der Waals surface area (Å²) in [4.78, 5) is 16.7. The third-order valence-electron chi connectivity index (χ3n) is 4.07. The number of carbonyl (C=O) groups is 1. The second kappa shape index (κ2) is 6.86. The van der Waals surface area contributed by atoms with Crippen LogP contribution in [0, 0.1) is 13.8 Å². The van der Waals surface area contributed by atoms with Gasteiger partial charge in [0.2, 0.25) is 5.91 Å². The predicted molar refractivity (Wildman–Crippen MR) is 83.1 cm³/mol. The quantitative estimate of drug-likeness (QED) is 0.911. The van der Waals surface area contributed by atoms with E-state index in [2.05, 4.69) is 35.9 Å². The van der Waals surface area contributed by atoms with Crippen molar-refractivity contribution in [3.63, 3.8) is 0 Å². The molecule has 4 heteroatoms. The lowest BCUT2D eigenvalue weighted by Crippen LogP contribution is -2.48. The van der Waals surface area contributed by atoms with Crippen LogP contribution in [0.25, 0.3) is 0 Å². The molecule has 1 N–H and O–H groups in total. The van der Waals surface area contributed by atoms with E-state index in [1.165, 1.54) is 11.1 Å². The van der Waals surface area contributed by atoms with E-state index in [1.54, 1.807) is 0 Å². The molecule has 2 rings (SSSR count). The van der Waals surface area contributed by atoms with E-state index in [9.17, 15) is 4.79 Å². The molecule has 0 aromatic heterocycles. The number of hydrogen-bond donors (Lipinski definition) is 1. The van der Waals surface area contributed by atoms with Crippen LogP contribution < -0.4 is 5.32 Å². The fraction of sp³-hybridized carbons (Fsp3) is 0.562. The molecule has 1 aliphatic rings. The van der Waals surface area contributed by atoms with E-state index >= 15 is 0 Å². The Morgan fingerprint density at radius 1 is 1.10 bits per heavy atom. The van der Waals surface area contributed by atoms with E-state index < -0.39 is 0 Å². The molecule has 1 saturated heterocycles. The van der Waals surface area contributed by atoms with Gasteiger partial charge in [-0.25, -0.2) is 0 Å². The van der Waals surface area contributed by atoms with Gasteiger partial charge in [0.1, 0.15) is 0 Å². The van der Waals surface area contributed by atoms with Crippen LogP contribution in [0.5, 0.6) is 0 Å². The topological polar surface area (TPSA) is 35.6 Å². The highest BCUT2D eigenvalue weighted by molar-refractivity contribution is 5.92. The molecule has 0 unspecified atom stereocenters. The molecule has 0 saturated carbocycles. The number of anilines is 1. The van der Waals surface area contributed by atoms with Crippen LogP contribution in [-0.2, 0) is 4.79 Å². The maximum Gasteiger partial charge on any atom is 0.238 e. The smallest absolute Gasteiger partial charge is 0.238 e. The summed E-state index contributed by atoms with van der Waals surface area (Å²) in [6.07, 6.45) is 0. The molecule has 0 radical (unpaired) electrons. The van der Waals surface area contributed by atoms with Crippen molar-refractivity contribution in [1.29, 1.82) is 0 Å². The first-order chi connectivity index (χ1) is 9.58. The zero-order valence-corrected chi connectivity index (χ0v) is 12.8. The monoisotopic (exact) mass is 275 g/mol. The van der Waals surface area contributed by atoms with Crippen LogP contribution in [-0.4, -0.2) is 55.0 Å². The summed E-state index contributed by atoms with van der Waals surface area (Å²) < 4.78 is 0. The zero-order chi connectivity index (χ0) is 14.5.